The molecule has 0 fully saturated rings. The molecule has 0 aliphatic rings. The van der Waals surface area contributed by atoms with Gasteiger partial charge in [0.1, 0.15) is 12.4 Å². The molecule has 8 heteroatoms. The van der Waals surface area contributed by atoms with Gasteiger partial charge in [0.2, 0.25) is 5.91 Å². The third kappa shape index (κ3) is 7.71. The Kier molecular flexibility index (Phi) is 9.46. The third-order valence-corrected chi connectivity index (χ3v) is 3.63. The number of amides is 2. The molecule has 0 saturated heterocycles. The molecule has 0 aliphatic carbocycles. The molecule has 2 amide bonds. The van der Waals surface area contributed by atoms with Gasteiger partial charge in [-0.2, -0.15) is 0 Å². The SMILES string of the molecule is COc1ccc(COC(=O)N(CCNC(=O)C(C)C)CC(O)CO)cc1. The Morgan fingerprint density at radius 1 is 1.23 bits per heavy atom. The third-order valence-electron chi connectivity index (χ3n) is 3.63. The summed E-state index contributed by atoms with van der Waals surface area (Å²) in [4.78, 5) is 25.1. The summed E-state index contributed by atoms with van der Waals surface area (Å²) in [6, 6.07) is 7.08. The van der Waals surface area contributed by atoms with Crippen LogP contribution in [0.3, 0.4) is 0 Å². The maximum absolute atomic E-state index is 12.3. The number of benzene rings is 1. The summed E-state index contributed by atoms with van der Waals surface area (Å²) < 4.78 is 10.3. The fourth-order valence-corrected chi connectivity index (χ4v) is 2.05. The molecule has 0 saturated carbocycles. The van der Waals surface area contributed by atoms with Crippen LogP contribution in [0.4, 0.5) is 4.79 Å². The van der Waals surface area contributed by atoms with Crippen LogP contribution in [0, 0.1) is 5.92 Å². The molecular formula is C18H28N2O6. The number of rotatable bonds is 10. The monoisotopic (exact) mass is 368 g/mol. The lowest BCUT2D eigenvalue weighted by atomic mass is 10.2. The topological polar surface area (TPSA) is 108 Å². The number of nitrogens with zero attached hydrogens (tertiary/aromatic N) is 1. The van der Waals surface area contributed by atoms with Crippen LogP contribution >= 0.6 is 0 Å². The number of ether oxygens (including phenoxy) is 2. The zero-order valence-corrected chi connectivity index (χ0v) is 15.5. The second-order valence-electron chi connectivity index (χ2n) is 6.13. The standard InChI is InChI=1S/C18H28N2O6/c1-13(2)17(23)19-8-9-20(10-15(22)11-21)18(24)26-12-14-4-6-16(25-3)7-5-14/h4-7,13,15,21-22H,8-12H2,1-3H3,(H,19,23). The van der Waals surface area contributed by atoms with E-state index in [4.69, 9.17) is 14.6 Å². The van der Waals surface area contributed by atoms with Crippen LogP contribution in [0.1, 0.15) is 19.4 Å². The van der Waals surface area contributed by atoms with Crippen molar-refractivity contribution >= 4 is 12.0 Å². The van der Waals surface area contributed by atoms with Gasteiger partial charge in [-0.25, -0.2) is 4.79 Å². The number of aliphatic hydroxyl groups is 2. The van der Waals surface area contributed by atoms with Crippen molar-refractivity contribution in [1.82, 2.24) is 10.2 Å². The molecular weight excluding hydrogens is 340 g/mol. The van der Waals surface area contributed by atoms with Crippen LogP contribution < -0.4 is 10.1 Å². The van der Waals surface area contributed by atoms with Crippen LogP contribution in [0.5, 0.6) is 5.75 Å². The quantitative estimate of drug-likeness (QED) is 0.563. The molecule has 8 nitrogen and oxygen atoms in total. The predicted octanol–water partition coefficient (Wildman–Crippen LogP) is 0.759. The van der Waals surface area contributed by atoms with Crippen LogP contribution in [0.2, 0.25) is 0 Å². The van der Waals surface area contributed by atoms with Gasteiger partial charge in [0, 0.05) is 19.0 Å². The van der Waals surface area contributed by atoms with Crippen molar-refractivity contribution in [2.45, 2.75) is 26.6 Å². The van der Waals surface area contributed by atoms with E-state index in [-0.39, 0.29) is 38.1 Å². The normalized spacial score (nSPS) is 11.8. The average Bonchev–Trinajstić information content (AvgIpc) is 2.65. The van der Waals surface area contributed by atoms with Gasteiger partial charge >= 0.3 is 6.09 Å². The molecule has 1 atom stereocenters. The molecule has 0 heterocycles. The lowest BCUT2D eigenvalue weighted by Gasteiger charge is -2.24. The average molecular weight is 368 g/mol. The number of hydrogen-bond acceptors (Lipinski definition) is 6. The van der Waals surface area contributed by atoms with Crippen LogP contribution in [0.15, 0.2) is 24.3 Å². The van der Waals surface area contributed by atoms with Gasteiger partial charge in [0.25, 0.3) is 0 Å². The lowest BCUT2D eigenvalue weighted by Crippen LogP contribution is -2.44. The Morgan fingerprint density at radius 3 is 2.42 bits per heavy atom. The van der Waals surface area contributed by atoms with E-state index < -0.39 is 18.8 Å². The first kappa shape index (κ1) is 21.7. The molecule has 1 unspecified atom stereocenters. The summed E-state index contributed by atoms with van der Waals surface area (Å²) >= 11 is 0. The maximum Gasteiger partial charge on any atom is 0.410 e. The van der Waals surface area contributed by atoms with Crippen molar-refractivity contribution in [2.75, 3.05) is 33.4 Å². The summed E-state index contributed by atoms with van der Waals surface area (Å²) in [5.41, 5.74) is 0.787. The first-order valence-electron chi connectivity index (χ1n) is 8.48. The summed E-state index contributed by atoms with van der Waals surface area (Å²) in [5.74, 6) is 0.418. The molecule has 0 aromatic heterocycles. The Balaban J connectivity index is 2.57. The Labute approximate surface area is 153 Å². The van der Waals surface area contributed by atoms with Crippen molar-refractivity contribution in [3.05, 3.63) is 29.8 Å². The Morgan fingerprint density at radius 2 is 1.88 bits per heavy atom. The second kappa shape index (κ2) is 11.3. The van der Waals surface area contributed by atoms with Gasteiger partial charge in [-0.15, -0.1) is 0 Å². The highest BCUT2D eigenvalue weighted by Gasteiger charge is 2.19. The molecule has 1 aromatic rings. The van der Waals surface area contributed by atoms with E-state index in [0.717, 1.165) is 5.56 Å². The minimum atomic E-state index is -1.08. The number of hydrogen-bond donors (Lipinski definition) is 3. The van der Waals surface area contributed by atoms with E-state index in [1.165, 1.54) is 4.90 Å². The maximum atomic E-state index is 12.3. The van der Waals surface area contributed by atoms with Crippen molar-refractivity contribution in [3.63, 3.8) is 0 Å². The molecule has 3 N–H and O–H groups in total. The molecule has 0 spiro atoms. The fraction of sp³-hybridized carbons (Fsp3) is 0.556. The molecule has 146 valence electrons. The van der Waals surface area contributed by atoms with Crippen LogP contribution in [-0.2, 0) is 16.1 Å². The first-order valence-corrected chi connectivity index (χ1v) is 8.48. The van der Waals surface area contributed by atoms with E-state index >= 15 is 0 Å². The Bertz CT molecular complexity index is 561. The van der Waals surface area contributed by atoms with Gasteiger partial charge in [-0.1, -0.05) is 26.0 Å². The zero-order chi connectivity index (χ0) is 19.5. The van der Waals surface area contributed by atoms with Gasteiger partial charge in [-0.3, -0.25) is 4.79 Å². The van der Waals surface area contributed by atoms with E-state index in [1.54, 1.807) is 45.2 Å². The molecule has 0 aliphatic heterocycles. The summed E-state index contributed by atoms with van der Waals surface area (Å²) in [7, 11) is 1.57. The highest BCUT2D eigenvalue weighted by Crippen LogP contribution is 2.12. The molecule has 0 radical (unpaired) electrons. The Hall–Kier alpha value is -2.32. The van der Waals surface area contributed by atoms with E-state index in [9.17, 15) is 14.7 Å². The molecule has 26 heavy (non-hydrogen) atoms. The van der Waals surface area contributed by atoms with Crippen molar-refractivity contribution in [2.24, 2.45) is 5.92 Å². The highest BCUT2D eigenvalue weighted by atomic mass is 16.6. The van der Waals surface area contributed by atoms with Gasteiger partial charge in [-0.05, 0) is 17.7 Å². The van der Waals surface area contributed by atoms with Gasteiger partial charge < -0.3 is 29.9 Å². The predicted molar refractivity (Wildman–Crippen MR) is 95.7 cm³/mol. The molecule has 1 rings (SSSR count). The number of carbonyl (C=O) groups is 2. The minimum absolute atomic E-state index is 0.0624. The van der Waals surface area contributed by atoms with Gasteiger partial charge in [0.05, 0.1) is 26.4 Å². The largest absolute Gasteiger partial charge is 0.497 e. The summed E-state index contributed by atoms with van der Waals surface area (Å²) in [6.45, 7) is 3.43. The van der Waals surface area contributed by atoms with E-state index in [0.29, 0.717) is 5.75 Å². The zero-order valence-electron chi connectivity index (χ0n) is 15.5. The van der Waals surface area contributed by atoms with Crippen LogP contribution in [-0.4, -0.2) is 66.6 Å². The van der Waals surface area contributed by atoms with Crippen molar-refractivity contribution in [1.29, 1.82) is 0 Å². The smallest absolute Gasteiger partial charge is 0.410 e. The lowest BCUT2D eigenvalue weighted by molar-refractivity contribution is -0.124. The summed E-state index contributed by atoms with van der Waals surface area (Å²) in [5, 5.41) is 21.3. The second-order valence-corrected chi connectivity index (χ2v) is 6.13. The first-order chi connectivity index (χ1) is 12.4. The van der Waals surface area contributed by atoms with Crippen molar-refractivity contribution in [3.8, 4) is 5.75 Å². The molecule has 0 bridgehead atoms. The minimum Gasteiger partial charge on any atom is -0.497 e. The van der Waals surface area contributed by atoms with Crippen LogP contribution in [0.25, 0.3) is 0 Å². The van der Waals surface area contributed by atoms with E-state index in [1.807, 2.05) is 0 Å². The number of nitrogens with one attached hydrogen (secondary N) is 1. The number of carbonyl (C=O) groups excluding carboxylic acids is 2. The van der Waals surface area contributed by atoms with Gasteiger partial charge in [0.15, 0.2) is 0 Å². The molecule has 1 aromatic carbocycles. The number of aliphatic hydroxyl groups excluding tert-OH is 2. The fourth-order valence-electron chi connectivity index (χ4n) is 2.05. The van der Waals surface area contributed by atoms with E-state index in [2.05, 4.69) is 5.32 Å². The highest BCUT2D eigenvalue weighted by molar-refractivity contribution is 5.77. The summed E-state index contributed by atoms with van der Waals surface area (Å²) in [6.07, 6.45) is -1.71. The van der Waals surface area contributed by atoms with Crippen molar-refractivity contribution < 1.29 is 29.3 Å². The number of methoxy groups -OCH3 is 1.